The monoisotopic (exact) mass is 317 g/mol. The third kappa shape index (κ3) is 3.78. The second-order valence-electron chi connectivity index (χ2n) is 4.76. The van der Waals surface area contributed by atoms with Gasteiger partial charge < -0.3 is 14.7 Å². The lowest BCUT2D eigenvalue weighted by Crippen LogP contribution is -2.47. The van der Waals surface area contributed by atoms with Crippen LogP contribution in [0.4, 0.5) is 0 Å². The molecule has 1 fully saturated rings. The van der Waals surface area contributed by atoms with Crippen LogP contribution in [-0.4, -0.2) is 41.7 Å². The van der Waals surface area contributed by atoms with E-state index in [1.807, 2.05) is 0 Å². The van der Waals surface area contributed by atoms with Gasteiger partial charge in [0.25, 0.3) is 5.91 Å². The lowest BCUT2D eigenvalue weighted by atomic mass is 9.91. The molecule has 0 heterocycles. The van der Waals surface area contributed by atoms with E-state index in [9.17, 15) is 4.79 Å². The van der Waals surface area contributed by atoms with Crippen molar-refractivity contribution in [3.05, 3.63) is 28.2 Å². The standard InChI is InChI=1S/C14H17Cl2NO3/c15-10-4-5-12(16)13(8-10)20-9-14(19)17(6-7-18)11-2-1-3-11/h4-5,8,11,18H,1-3,6-7,9H2. The van der Waals surface area contributed by atoms with Gasteiger partial charge in [-0.15, -0.1) is 0 Å². The van der Waals surface area contributed by atoms with Crippen LogP contribution in [0.3, 0.4) is 0 Å². The van der Waals surface area contributed by atoms with Crippen LogP contribution in [-0.2, 0) is 4.79 Å². The first-order valence-electron chi connectivity index (χ1n) is 6.60. The van der Waals surface area contributed by atoms with Gasteiger partial charge >= 0.3 is 0 Å². The molecule has 20 heavy (non-hydrogen) atoms. The maximum absolute atomic E-state index is 12.2. The number of ether oxygens (including phenoxy) is 1. The van der Waals surface area contributed by atoms with Gasteiger partial charge in [-0.2, -0.15) is 0 Å². The normalized spacial score (nSPS) is 14.8. The Labute approximate surface area is 128 Å². The van der Waals surface area contributed by atoms with Crippen LogP contribution < -0.4 is 4.74 Å². The van der Waals surface area contributed by atoms with Crippen molar-refractivity contribution in [3.63, 3.8) is 0 Å². The van der Waals surface area contributed by atoms with E-state index in [0.717, 1.165) is 19.3 Å². The van der Waals surface area contributed by atoms with Gasteiger partial charge in [-0.3, -0.25) is 4.79 Å². The van der Waals surface area contributed by atoms with Gasteiger partial charge in [0.1, 0.15) is 5.75 Å². The van der Waals surface area contributed by atoms with Gasteiger partial charge in [-0.25, -0.2) is 0 Å². The fourth-order valence-electron chi connectivity index (χ4n) is 2.13. The van der Waals surface area contributed by atoms with Gasteiger partial charge in [0.15, 0.2) is 6.61 Å². The Balaban J connectivity index is 1.94. The number of halogens is 2. The molecule has 1 saturated carbocycles. The molecular weight excluding hydrogens is 301 g/mol. The molecule has 1 amide bonds. The smallest absolute Gasteiger partial charge is 0.260 e. The van der Waals surface area contributed by atoms with Gasteiger partial charge in [-0.1, -0.05) is 23.2 Å². The van der Waals surface area contributed by atoms with Crippen LogP contribution in [0.1, 0.15) is 19.3 Å². The number of hydrogen-bond donors (Lipinski definition) is 1. The van der Waals surface area contributed by atoms with Crippen LogP contribution in [0.2, 0.25) is 10.0 Å². The Kier molecular flexibility index (Phi) is 5.52. The van der Waals surface area contributed by atoms with E-state index in [4.69, 9.17) is 33.0 Å². The molecule has 0 bridgehead atoms. The fourth-order valence-corrected chi connectivity index (χ4v) is 2.46. The molecule has 110 valence electrons. The third-order valence-corrected chi connectivity index (χ3v) is 3.97. The highest BCUT2D eigenvalue weighted by Crippen LogP contribution is 2.28. The second kappa shape index (κ2) is 7.16. The summed E-state index contributed by atoms with van der Waals surface area (Å²) < 4.78 is 5.44. The van der Waals surface area contributed by atoms with Crippen LogP contribution in [0.5, 0.6) is 5.75 Å². The first-order chi connectivity index (χ1) is 9.61. The molecule has 0 aromatic heterocycles. The molecular formula is C14H17Cl2NO3. The zero-order valence-corrected chi connectivity index (χ0v) is 12.5. The molecule has 0 atom stereocenters. The predicted molar refractivity (Wildman–Crippen MR) is 78.4 cm³/mol. The highest BCUT2D eigenvalue weighted by atomic mass is 35.5. The Morgan fingerprint density at radius 1 is 1.40 bits per heavy atom. The van der Waals surface area contributed by atoms with Crippen molar-refractivity contribution in [1.29, 1.82) is 0 Å². The molecule has 4 nitrogen and oxygen atoms in total. The summed E-state index contributed by atoms with van der Waals surface area (Å²) in [5.41, 5.74) is 0. The minimum atomic E-state index is -0.139. The van der Waals surface area contributed by atoms with Gasteiger partial charge in [0.05, 0.1) is 11.6 Å². The summed E-state index contributed by atoms with van der Waals surface area (Å²) in [4.78, 5) is 13.8. The number of hydrogen-bond acceptors (Lipinski definition) is 3. The number of carbonyl (C=O) groups is 1. The highest BCUT2D eigenvalue weighted by Gasteiger charge is 2.28. The zero-order chi connectivity index (χ0) is 14.5. The maximum atomic E-state index is 12.2. The van der Waals surface area contributed by atoms with Crippen molar-refractivity contribution in [2.45, 2.75) is 25.3 Å². The van der Waals surface area contributed by atoms with Crippen molar-refractivity contribution in [1.82, 2.24) is 4.90 Å². The van der Waals surface area contributed by atoms with E-state index in [1.165, 1.54) is 0 Å². The third-order valence-electron chi connectivity index (χ3n) is 3.42. The number of amides is 1. The number of benzene rings is 1. The lowest BCUT2D eigenvalue weighted by Gasteiger charge is -2.37. The molecule has 1 aliphatic carbocycles. The first-order valence-corrected chi connectivity index (χ1v) is 7.35. The van der Waals surface area contributed by atoms with Crippen LogP contribution in [0.15, 0.2) is 18.2 Å². The molecule has 0 aliphatic heterocycles. The van der Waals surface area contributed by atoms with Gasteiger partial charge in [-0.05, 0) is 31.4 Å². The van der Waals surface area contributed by atoms with E-state index in [1.54, 1.807) is 23.1 Å². The number of nitrogens with zero attached hydrogens (tertiary/aromatic N) is 1. The first kappa shape index (κ1) is 15.4. The second-order valence-corrected chi connectivity index (χ2v) is 5.60. The molecule has 0 unspecified atom stereocenters. The Bertz CT molecular complexity index is 477. The number of rotatable bonds is 6. The molecule has 6 heteroatoms. The van der Waals surface area contributed by atoms with Crippen molar-refractivity contribution in [2.24, 2.45) is 0 Å². The Morgan fingerprint density at radius 3 is 2.75 bits per heavy atom. The van der Waals surface area contributed by atoms with Crippen molar-refractivity contribution >= 4 is 29.1 Å². The number of aliphatic hydroxyl groups is 1. The minimum absolute atomic E-state index is 0.0415. The molecule has 2 rings (SSSR count). The molecule has 1 aromatic rings. The van der Waals surface area contributed by atoms with E-state index in [0.29, 0.717) is 22.3 Å². The van der Waals surface area contributed by atoms with Crippen LogP contribution in [0.25, 0.3) is 0 Å². The largest absolute Gasteiger partial charge is 0.482 e. The molecule has 0 spiro atoms. The average Bonchev–Trinajstić information content (AvgIpc) is 2.37. The predicted octanol–water partition coefficient (Wildman–Crippen LogP) is 2.75. The number of aliphatic hydroxyl groups excluding tert-OH is 1. The summed E-state index contributed by atoms with van der Waals surface area (Å²) in [6, 6.07) is 5.09. The summed E-state index contributed by atoms with van der Waals surface area (Å²) in [5.74, 6) is 0.255. The van der Waals surface area contributed by atoms with Gasteiger partial charge in [0.2, 0.25) is 0 Å². The highest BCUT2D eigenvalue weighted by molar-refractivity contribution is 6.34. The Morgan fingerprint density at radius 2 is 2.15 bits per heavy atom. The van der Waals surface area contributed by atoms with E-state index in [2.05, 4.69) is 0 Å². The lowest BCUT2D eigenvalue weighted by molar-refractivity contribution is -0.138. The fraction of sp³-hybridized carbons (Fsp3) is 0.500. The van der Waals surface area contributed by atoms with Crippen LogP contribution >= 0.6 is 23.2 Å². The van der Waals surface area contributed by atoms with Crippen LogP contribution in [0, 0.1) is 0 Å². The summed E-state index contributed by atoms with van der Waals surface area (Å²) in [5, 5.41) is 9.97. The topological polar surface area (TPSA) is 49.8 Å². The van der Waals surface area contributed by atoms with E-state index in [-0.39, 0.29) is 25.2 Å². The minimum Gasteiger partial charge on any atom is -0.482 e. The zero-order valence-electron chi connectivity index (χ0n) is 11.0. The molecule has 1 N–H and O–H groups in total. The maximum Gasteiger partial charge on any atom is 0.260 e. The SMILES string of the molecule is O=C(COc1cc(Cl)ccc1Cl)N(CCO)C1CCC1. The quantitative estimate of drug-likeness (QED) is 0.877. The molecule has 1 aromatic carbocycles. The van der Waals surface area contributed by atoms with Crippen molar-refractivity contribution in [3.8, 4) is 5.75 Å². The summed E-state index contributed by atoms with van der Waals surface area (Å²) in [6.07, 6.45) is 3.11. The Hall–Kier alpha value is -0.970. The molecule has 0 radical (unpaired) electrons. The van der Waals surface area contributed by atoms with Gasteiger partial charge in [0, 0.05) is 23.7 Å². The molecule has 0 saturated heterocycles. The average molecular weight is 318 g/mol. The summed E-state index contributed by atoms with van der Waals surface area (Å²) >= 11 is 11.8. The number of carbonyl (C=O) groups excluding carboxylic acids is 1. The van der Waals surface area contributed by atoms with E-state index >= 15 is 0 Å². The van der Waals surface area contributed by atoms with Crippen molar-refractivity contribution < 1.29 is 14.6 Å². The summed E-state index contributed by atoms with van der Waals surface area (Å²) in [7, 11) is 0. The van der Waals surface area contributed by atoms with E-state index < -0.39 is 0 Å². The van der Waals surface area contributed by atoms with Crippen molar-refractivity contribution in [2.75, 3.05) is 19.8 Å². The summed E-state index contributed by atoms with van der Waals surface area (Å²) in [6.45, 7) is 0.201. The molecule has 1 aliphatic rings.